The molecule has 3 heterocycles. The number of nitrogens with zero attached hydrogens (tertiary/aromatic N) is 4. The van der Waals surface area contributed by atoms with Crippen LogP contribution in [0.2, 0.25) is 0 Å². The minimum atomic E-state index is -0.494. The second kappa shape index (κ2) is 11.6. The van der Waals surface area contributed by atoms with Crippen molar-refractivity contribution in [1.82, 2.24) is 15.2 Å². The predicted octanol–water partition coefficient (Wildman–Crippen LogP) is 2.26. The van der Waals surface area contributed by atoms with Crippen LogP contribution in [0.4, 0.5) is 22.7 Å². The molecule has 1 unspecified atom stereocenters. The summed E-state index contributed by atoms with van der Waals surface area (Å²) in [5.74, 6) is -0.521. The third kappa shape index (κ3) is 5.77. The molecular formula is C28H33N7O3. The van der Waals surface area contributed by atoms with Crippen LogP contribution in [0, 0.1) is 0 Å². The number of nitrogens with two attached hydrogens (primary N) is 1. The summed E-state index contributed by atoms with van der Waals surface area (Å²) < 4.78 is 5.94. The molecule has 4 N–H and O–H groups in total. The Morgan fingerprint density at radius 1 is 1.08 bits per heavy atom. The molecular weight excluding hydrogens is 482 g/mol. The highest BCUT2D eigenvalue weighted by molar-refractivity contribution is 6.09. The van der Waals surface area contributed by atoms with E-state index in [-0.39, 0.29) is 11.8 Å². The van der Waals surface area contributed by atoms with Gasteiger partial charge in [-0.1, -0.05) is 6.07 Å². The average Bonchev–Trinajstić information content (AvgIpc) is 2.95. The van der Waals surface area contributed by atoms with Crippen molar-refractivity contribution in [2.45, 2.75) is 6.23 Å². The van der Waals surface area contributed by atoms with E-state index < -0.39 is 6.23 Å². The van der Waals surface area contributed by atoms with Gasteiger partial charge in [-0.25, -0.2) is 0 Å². The van der Waals surface area contributed by atoms with Crippen LogP contribution in [0.25, 0.3) is 0 Å². The maximum Gasteiger partial charge on any atom is 0.260 e. The molecule has 10 heteroatoms. The Hall–Kier alpha value is -3.99. The number of carbonyl (C=O) groups excluding carboxylic acids is 2. The first-order chi connectivity index (χ1) is 18.5. The minimum absolute atomic E-state index is 0.214. The topological polar surface area (TPSA) is 116 Å². The van der Waals surface area contributed by atoms with Crippen LogP contribution < -0.4 is 26.2 Å². The molecule has 2 aliphatic rings. The summed E-state index contributed by atoms with van der Waals surface area (Å²) in [5, 5.41) is 6.24. The van der Waals surface area contributed by atoms with Crippen molar-refractivity contribution in [1.29, 1.82) is 0 Å². The van der Waals surface area contributed by atoms with Crippen LogP contribution in [0.3, 0.4) is 0 Å². The summed E-state index contributed by atoms with van der Waals surface area (Å²) in [6.07, 6.45) is 2.68. The molecule has 1 atom stereocenters. The third-order valence-electron chi connectivity index (χ3n) is 6.87. The van der Waals surface area contributed by atoms with Crippen molar-refractivity contribution >= 4 is 34.6 Å². The molecule has 2 aromatic carbocycles. The summed E-state index contributed by atoms with van der Waals surface area (Å²) in [7, 11) is 2.11. The summed E-state index contributed by atoms with van der Waals surface area (Å²) in [5.41, 5.74) is 9.66. The monoisotopic (exact) mass is 515 g/mol. The molecule has 38 heavy (non-hydrogen) atoms. The molecule has 2 saturated heterocycles. The zero-order valence-corrected chi connectivity index (χ0v) is 21.5. The van der Waals surface area contributed by atoms with Crippen LogP contribution in [0.1, 0.15) is 20.7 Å². The van der Waals surface area contributed by atoms with Gasteiger partial charge >= 0.3 is 0 Å². The van der Waals surface area contributed by atoms with E-state index in [9.17, 15) is 9.59 Å². The molecule has 2 fully saturated rings. The number of morpholine rings is 1. The Labute approximate surface area is 222 Å². The van der Waals surface area contributed by atoms with E-state index in [1.54, 1.807) is 53.7 Å². The van der Waals surface area contributed by atoms with E-state index in [4.69, 9.17) is 10.5 Å². The third-order valence-corrected chi connectivity index (χ3v) is 6.87. The fraction of sp³-hybridized carbons (Fsp3) is 0.321. The van der Waals surface area contributed by atoms with Gasteiger partial charge in [0.2, 0.25) is 0 Å². The highest BCUT2D eigenvalue weighted by atomic mass is 16.5. The first-order valence-corrected chi connectivity index (χ1v) is 12.8. The molecule has 2 aliphatic heterocycles. The van der Waals surface area contributed by atoms with Crippen LogP contribution in [-0.2, 0) is 4.74 Å². The van der Waals surface area contributed by atoms with Gasteiger partial charge in [-0.15, -0.1) is 0 Å². The number of aromatic nitrogens is 1. The number of hydrogen-bond donors (Lipinski definition) is 3. The Kier molecular flexibility index (Phi) is 7.83. The summed E-state index contributed by atoms with van der Waals surface area (Å²) in [4.78, 5) is 37.0. The number of benzene rings is 2. The number of rotatable bonds is 6. The fourth-order valence-electron chi connectivity index (χ4n) is 4.70. The zero-order valence-electron chi connectivity index (χ0n) is 21.5. The highest BCUT2D eigenvalue weighted by Gasteiger charge is 2.29. The minimum Gasteiger partial charge on any atom is -0.398 e. The van der Waals surface area contributed by atoms with E-state index >= 15 is 0 Å². The Morgan fingerprint density at radius 2 is 1.87 bits per heavy atom. The van der Waals surface area contributed by atoms with Crippen molar-refractivity contribution in [3.63, 3.8) is 0 Å². The molecule has 0 aliphatic carbocycles. The van der Waals surface area contributed by atoms with Crippen molar-refractivity contribution in [3.8, 4) is 0 Å². The van der Waals surface area contributed by atoms with Crippen LogP contribution in [0.15, 0.2) is 67.0 Å². The van der Waals surface area contributed by atoms with Gasteiger partial charge in [0.25, 0.3) is 11.8 Å². The lowest BCUT2D eigenvalue weighted by Crippen LogP contribution is -2.52. The van der Waals surface area contributed by atoms with E-state index in [1.807, 2.05) is 18.2 Å². The van der Waals surface area contributed by atoms with Gasteiger partial charge in [0.1, 0.15) is 6.23 Å². The van der Waals surface area contributed by atoms with Gasteiger partial charge in [-0.2, -0.15) is 0 Å². The van der Waals surface area contributed by atoms with Crippen molar-refractivity contribution in [2.75, 3.05) is 73.8 Å². The maximum absolute atomic E-state index is 13.5. The number of ether oxygens (including phenoxy) is 1. The van der Waals surface area contributed by atoms with Crippen molar-refractivity contribution in [3.05, 3.63) is 78.1 Å². The van der Waals surface area contributed by atoms with Crippen molar-refractivity contribution in [2.24, 2.45) is 0 Å². The van der Waals surface area contributed by atoms with Gasteiger partial charge in [0.05, 0.1) is 12.2 Å². The number of pyridine rings is 1. The molecule has 1 aromatic heterocycles. The Bertz CT molecular complexity index is 1270. The first kappa shape index (κ1) is 25.7. The first-order valence-electron chi connectivity index (χ1n) is 12.8. The molecule has 3 aromatic rings. The maximum atomic E-state index is 13.5. The number of amides is 2. The second-order valence-electron chi connectivity index (χ2n) is 9.51. The summed E-state index contributed by atoms with van der Waals surface area (Å²) in [6.45, 7) is 5.42. The van der Waals surface area contributed by atoms with Crippen molar-refractivity contribution < 1.29 is 14.3 Å². The zero-order chi connectivity index (χ0) is 26.5. The van der Waals surface area contributed by atoms with Crippen LogP contribution >= 0.6 is 0 Å². The molecule has 2 amide bonds. The van der Waals surface area contributed by atoms with E-state index in [1.165, 1.54) is 0 Å². The number of hydrogen-bond acceptors (Lipinski definition) is 8. The molecule has 5 rings (SSSR count). The fourth-order valence-corrected chi connectivity index (χ4v) is 4.70. The molecule has 198 valence electrons. The highest BCUT2D eigenvalue weighted by Crippen LogP contribution is 2.27. The molecule has 0 saturated carbocycles. The van der Waals surface area contributed by atoms with Gasteiger partial charge in [-0.05, 0) is 55.6 Å². The predicted molar refractivity (Wildman–Crippen MR) is 149 cm³/mol. The number of nitrogens with one attached hydrogen (secondary N) is 2. The van der Waals surface area contributed by atoms with Gasteiger partial charge in [0, 0.05) is 80.0 Å². The van der Waals surface area contributed by atoms with Crippen LogP contribution in [0.5, 0.6) is 0 Å². The van der Waals surface area contributed by atoms with Gasteiger partial charge in [0.15, 0.2) is 0 Å². The lowest BCUT2D eigenvalue weighted by molar-refractivity contribution is 0.0255. The molecule has 0 radical (unpaired) electrons. The number of anilines is 4. The van der Waals surface area contributed by atoms with E-state index in [0.29, 0.717) is 41.3 Å². The summed E-state index contributed by atoms with van der Waals surface area (Å²) >= 11 is 0. The number of piperazine rings is 1. The molecule has 0 spiro atoms. The lowest BCUT2D eigenvalue weighted by atomic mass is 10.1. The smallest absolute Gasteiger partial charge is 0.260 e. The number of nitrogen functional groups attached to an aromatic ring is 1. The van der Waals surface area contributed by atoms with E-state index in [2.05, 4.69) is 32.5 Å². The number of carbonyl (C=O) groups is 2. The van der Waals surface area contributed by atoms with Gasteiger partial charge in [-0.3, -0.25) is 19.5 Å². The number of likely N-dealkylation sites (N-methyl/N-ethyl adjacent to an activating group) is 1. The van der Waals surface area contributed by atoms with Crippen LogP contribution in [-0.4, -0.2) is 80.8 Å². The Morgan fingerprint density at radius 3 is 2.61 bits per heavy atom. The lowest BCUT2D eigenvalue weighted by Gasteiger charge is -2.35. The molecule has 10 nitrogen and oxygen atoms in total. The van der Waals surface area contributed by atoms with E-state index in [0.717, 1.165) is 38.4 Å². The summed E-state index contributed by atoms with van der Waals surface area (Å²) in [6, 6.07) is 16.1. The van der Waals surface area contributed by atoms with Gasteiger partial charge < -0.3 is 30.9 Å². The standard InChI is InChI=1S/C28H33N7O3/c1-33-12-14-34(15-13-33)22-5-6-25(29)24(18-22)27(36)32-21-3-2-4-23(17-21)35(26-19-31-11-16-38-26)28(37)20-7-9-30-10-8-20/h2-10,17-18,26,31H,11-16,19,29H2,1H3,(H,32,36). The largest absolute Gasteiger partial charge is 0.398 e. The SMILES string of the molecule is CN1CCN(c2ccc(N)c(C(=O)Nc3cccc(N(C(=O)c4ccncc4)C4CNCCO4)c3)c2)CC1. The second-order valence-corrected chi connectivity index (χ2v) is 9.51. The average molecular weight is 516 g/mol. The molecule has 0 bridgehead atoms. The Balaban J connectivity index is 1.38. The normalized spacial score (nSPS) is 18.1. The quantitative estimate of drug-likeness (QED) is 0.428.